The van der Waals surface area contributed by atoms with Gasteiger partial charge in [-0.1, -0.05) is 13.8 Å². The van der Waals surface area contributed by atoms with Gasteiger partial charge in [-0.05, 0) is 37.9 Å². The maximum atomic E-state index is 11.6. The van der Waals surface area contributed by atoms with E-state index < -0.39 is 0 Å². The molecule has 0 atom stereocenters. The normalized spacial score (nSPS) is 11.0. The number of aromatic amines is 1. The molecule has 1 rings (SSSR count). The molecule has 0 aromatic carbocycles. The van der Waals surface area contributed by atoms with Crippen LogP contribution in [0.2, 0.25) is 0 Å². The average molecular weight is 208 g/mol. The molecule has 0 bridgehead atoms. The zero-order valence-electron chi connectivity index (χ0n) is 9.98. The maximum Gasteiger partial charge on any atom is 0.252 e. The summed E-state index contributed by atoms with van der Waals surface area (Å²) in [5.41, 5.74) is 2.86. The Morgan fingerprint density at radius 3 is 2.60 bits per heavy atom. The Morgan fingerprint density at radius 2 is 2.07 bits per heavy atom. The Kier molecular flexibility index (Phi) is 4.09. The quantitative estimate of drug-likeness (QED) is 0.791. The molecule has 3 heteroatoms. The number of rotatable bonds is 4. The van der Waals surface area contributed by atoms with Crippen LogP contribution in [0.5, 0.6) is 0 Å². The fraction of sp³-hybridized carbons (Fsp3) is 0.583. The molecule has 84 valence electrons. The molecule has 2 N–H and O–H groups in total. The van der Waals surface area contributed by atoms with E-state index in [1.54, 1.807) is 0 Å². The number of pyridine rings is 1. The minimum Gasteiger partial charge on any atom is -0.326 e. The SMILES string of the molecule is Cc1cc(C)c(CNCC(C)C)c(=O)[nH]1. The number of hydrogen-bond acceptors (Lipinski definition) is 2. The van der Waals surface area contributed by atoms with E-state index in [1.165, 1.54) is 0 Å². The Bertz CT molecular complexity index is 380. The summed E-state index contributed by atoms with van der Waals surface area (Å²) in [6.45, 7) is 9.78. The molecule has 0 aliphatic heterocycles. The fourth-order valence-electron chi connectivity index (χ4n) is 1.59. The molecule has 0 radical (unpaired) electrons. The zero-order chi connectivity index (χ0) is 11.4. The summed E-state index contributed by atoms with van der Waals surface area (Å²) >= 11 is 0. The van der Waals surface area contributed by atoms with Crippen LogP contribution in [0.3, 0.4) is 0 Å². The molecule has 1 aromatic heterocycles. The topological polar surface area (TPSA) is 44.9 Å². The highest BCUT2D eigenvalue weighted by Crippen LogP contribution is 2.03. The van der Waals surface area contributed by atoms with Gasteiger partial charge >= 0.3 is 0 Å². The van der Waals surface area contributed by atoms with Crippen LogP contribution in [-0.4, -0.2) is 11.5 Å². The third-order valence-corrected chi connectivity index (χ3v) is 2.35. The van der Waals surface area contributed by atoms with Gasteiger partial charge in [-0.2, -0.15) is 0 Å². The maximum absolute atomic E-state index is 11.6. The van der Waals surface area contributed by atoms with E-state index in [4.69, 9.17) is 0 Å². The highest BCUT2D eigenvalue weighted by atomic mass is 16.1. The standard InChI is InChI=1S/C12H20N2O/c1-8(2)6-13-7-11-9(3)5-10(4)14-12(11)15/h5,8,13H,6-7H2,1-4H3,(H,14,15). The summed E-state index contributed by atoms with van der Waals surface area (Å²) in [6.07, 6.45) is 0. The van der Waals surface area contributed by atoms with E-state index >= 15 is 0 Å². The second kappa shape index (κ2) is 5.12. The van der Waals surface area contributed by atoms with Crippen molar-refractivity contribution in [2.45, 2.75) is 34.2 Å². The molecule has 0 amide bonds. The summed E-state index contributed by atoms with van der Waals surface area (Å²) in [7, 11) is 0. The van der Waals surface area contributed by atoms with Crippen LogP contribution in [0.4, 0.5) is 0 Å². The fourth-order valence-corrected chi connectivity index (χ4v) is 1.59. The van der Waals surface area contributed by atoms with Gasteiger partial charge in [0.25, 0.3) is 5.56 Å². The molecule has 0 aliphatic carbocycles. The van der Waals surface area contributed by atoms with E-state index in [2.05, 4.69) is 24.1 Å². The first-order chi connectivity index (χ1) is 7.00. The monoisotopic (exact) mass is 208 g/mol. The number of H-pyrrole nitrogens is 1. The molecule has 0 spiro atoms. The minimum atomic E-state index is 0.0313. The van der Waals surface area contributed by atoms with Crippen LogP contribution in [-0.2, 0) is 6.54 Å². The third-order valence-electron chi connectivity index (χ3n) is 2.35. The molecule has 1 heterocycles. The Labute approximate surface area is 90.9 Å². The van der Waals surface area contributed by atoms with Gasteiger partial charge in [-0.25, -0.2) is 0 Å². The summed E-state index contributed by atoms with van der Waals surface area (Å²) < 4.78 is 0. The molecule has 15 heavy (non-hydrogen) atoms. The van der Waals surface area contributed by atoms with Crippen LogP contribution in [0.15, 0.2) is 10.9 Å². The van der Waals surface area contributed by atoms with Gasteiger partial charge in [-0.3, -0.25) is 4.79 Å². The van der Waals surface area contributed by atoms with E-state index in [9.17, 15) is 4.79 Å². The second-order valence-electron chi connectivity index (χ2n) is 4.47. The Hall–Kier alpha value is -1.09. The van der Waals surface area contributed by atoms with Crippen LogP contribution in [0.25, 0.3) is 0 Å². The van der Waals surface area contributed by atoms with Crippen molar-refractivity contribution in [1.82, 2.24) is 10.3 Å². The van der Waals surface area contributed by atoms with Crippen molar-refractivity contribution in [3.63, 3.8) is 0 Å². The van der Waals surface area contributed by atoms with Crippen molar-refractivity contribution in [1.29, 1.82) is 0 Å². The highest BCUT2D eigenvalue weighted by molar-refractivity contribution is 5.24. The third kappa shape index (κ3) is 3.51. The largest absolute Gasteiger partial charge is 0.326 e. The van der Waals surface area contributed by atoms with Gasteiger partial charge in [-0.15, -0.1) is 0 Å². The number of aryl methyl sites for hydroxylation is 2. The van der Waals surface area contributed by atoms with Crippen LogP contribution < -0.4 is 10.9 Å². The molecule has 0 saturated carbocycles. The summed E-state index contributed by atoms with van der Waals surface area (Å²) in [4.78, 5) is 14.5. The first-order valence-corrected chi connectivity index (χ1v) is 5.41. The number of hydrogen-bond donors (Lipinski definition) is 2. The molecular formula is C12H20N2O. The molecule has 0 fully saturated rings. The summed E-state index contributed by atoms with van der Waals surface area (Å²) in [6, 6.07) is 2.01. The van der Waals surface area contributed by atoms with Gasteiger partial charge in [0.05, 0.1) is 0 Å². The van der Waals surface area contributed by atoms with Gasteiger partial charge in [0, 0.05) is 17.8 Å². The first kappa shape index (κ1) is 12.0. The van der Waals surface area contributed by atoms with E-state index in [-0.39, 0.29) is 5.56 Å². The molecular weight excluding hydrogens is 188 g/mol. The van der Waals surface area contributed by atoms with Crippen molar-refractivity contribution in [2.24, 2.45) is 5.92 Å². The van der Waals surface area contributed by atoms with Crippen LogP contribution in [0.1, 0.15) is 30.7 Å². The lowest BCUT2D eigenvalue weighted by Crippen LogP contribution is -2.25. The van der Waals surface area contributed by atoms with Crippen molar-refractivity contribution < 1.29 is 0 Å². The second-order valence-corrected chi connectivity index (χ2v) is 4.47. The van der Waals surface area contributed by atoms with E-state index in [1.807, 2.05) is 19.9 Å². The lowest BCUT2D eigenvalue weighted by Gasteiger charge is -2.09. The molecule has 3 nitrogen and oxygen atoms in total. The number of nitrogens with one attached hydrogen (secondary N) is 2. The molecule has 0 aliphatic rings. The van der Waals surface area contributed by atoms with Gasteiger partial charge in [0.2, 0.25) is 0 Å². The van der Waals surface area contributed by atoms with Crippen molar-refractivity contribution >= 4 is 0 Å². The van der Waals surface area contributed by atoms with Crippen LogP contribution in [0, 0.1) is 19.8 Å². The summed E-state index contributed by atoms with van der Waals surface area (Å²) in [5, 5.41) is 3.28. The minimum absolute atomic E-state index is 0.0313. The van der Waals surface area contributed by atoms with Crippen molar-refractivity contribution in [2.75, 3.05) is 6.54 Å². The van der Waals surface area contributed by atoms with E-state index in [0.717, 1.165) is 23.4 Å². The average Bonchev–Trinajstić information content (AvgIpc) is 2.08. The Balaban J connectivity index is 2.73. The smallest absolute Gasteiger partial charge is 0.252 e. The first-order valence-electron chi connectivity index (χ1n) is 5.41. The van der Waals surface area contributed by atoms with Gasteiger partial charge in [0.1, 0.15) is 0 Å². The predicted octanol–water partition coefficient (Wildman–Crippen LogP) is 1.74. The van der Waals surface area contributed by atoms with Crippen LogP contribution >= 0.6 is 0 Å². The van der Waals surface area contributed by atoms with Gasteiger partial charge in [0.15, 0.2) is 0 Å². The van der Waals surface area contributed by atoms with Gasteiger partial charge < -0.3 is 10.3 Å². The molecule has 0 unspecified atom stereocenters. The molecule has 1 aromatic rings. The number of aromatic nitrogens is 1. The lowest BCUT2D eigenvalue weighted by molar-refractivity contribution is 0.550. The van der Waals surface area contributed by atoms with Crippen molar-refractivity contribution in [3.8, 4) is 0 Å². The lowest BCUT2D eigenvalue weighted by atomic mass is 10.1. The highest BCUT2D eigenvalue weighted by Gasteiger charge is 2.04. The predicted molar refractivity (Wildman–Crippen MR) is 63.1 cm³/mol. The van der Waals surface area contributed by atoms with E-state index in [0.29, 0.717) is 12.5 Å². The molecule has 0 saturated heterocycles. The van der Waals surface area contributed by atoms with Crippen molar-refractivity contribution in [3.05, 3.63) is 33.2 Å². The Morgan fingerprint density at radius 1 is 1.40 bits per heavy atom. The summed E-state index contributed by atoms with van der Waals surface area (Å²) in [5.74, 6) is 0.606. The zero-order valence-corrected chi connectivity index (χ0v) is 9.98.